The molecule has 1 amide bonds. The summed E-state index contributed by atoms with van der Waals surface area (Å²) in [7, 11) is -3.66. The second kappa shape index (κ2) is 6.06. The average Bonchev–Trinajstić information content (AvgIpc) is 2.82. The van der Waals surface area contributed by atoms with Crippen LogP contribution >= 0.6 is 0 Å². The van der Waals surface area contributed by atoms with Gasteiger partial charge in [0.05, 0.1) is 17.6 Å². The second-order valence-corrected chi connectivity index (χ2v) is 6.16. The summed E-state index contributed by atoms with van der Waals surface area (Å²) < 4.78 is 31.7. The Morgan fingerprint density at radius 2 is 1.95 bits per heavy atom. The summed E-state index contributed by atoms with van der Waals surface area (Å²) in [5.41, 5.74) is 0.532. The van der Waals surface area contributed by atoms with Gasteiger partial charge in [0.25, 0.3) is 0 Å². The molecule has 0 aliphatic carbocycles. The number of carbonyl (C=O) groups excluding carboxylic acids is 1. The molecule has 0 unspecified atom stereocenters. The molecular weight excluding hydrogens is 294 g/mol. The van der Waals surface area contributed by atoms with E-state index in [9.17, 15) is 13.2 Å². The van der Waals surface area contributed by atoms with Gasteiger partial charge in [0.15, 0.2) is 0 Å². The van der Waals surface area contributed by atoms with E-state index in [0.29, 0.717) is 17.3 Å². The van der Waals surface area contributed by atoms with Crippen LogP contribution in [0.1, 0.15) is 18.6 Å². The summed E-state index contributed by atoms with van der Waals surface area (Å²) in [6.45, 7) is 3.08. The maximum absolute atomic E-state index is 12.1. The molecular formula is C13H15N3O4S. The number of benzene rings is 1. The van der Waals surface area contributed by atoms with E-state index in [1.54, 1.807) is 6.92 Å². The minimum atomic E-state index is -3.66. The summed E-state index contributed by atoms with van der Waals surface area (Å²) in [5, 5.41) is 2.56. The first kappa shape index (κ1) is 15.2. The van der Waals surface area contributed by atoms with Gasteiger partial charge in [0, 0.05) is 12.6 Å². The van der Waals surface area contributed by atoms with Crippen molar-refractivity contribution < 1.29 is 17.6 Å². The van der Waals surface area contributed by atoms with Crippen LogP contribution < -0.4 is 10.0 Å². The van der Waals surface area contributed by atoms with E-state index < -0.39 is 10.0 Å². The molecule has 1 heterocycles. The minimum absolute atomic E-state index is 0.0242. The van der Waals surface area contributed by atoms with Gasteiger partial charge < -0.3 is 9.73 Å². The lowest BCUT2D eigenvalue weighted by atomic mass is 10.3. The summed E-state index contributed by atoms with van der Waals surface area (Å²) in [6.07, 6.45) is 1.52. The number of hydrogen-bond donors (Lipinski definition) is 2. The second-order valence-electron chi connectivity index (χ2n) is 4.39. The summed E-state index contributed by atoms with van der Waals surface area (Å²) >= 11 is 0. The average molecular weight is 309 g/mol. The highest BCUT2D eigenvalue weighted by molar-refractivity contribution is 7.89. The SMILES string of the molecule is CC(=O)Nc1ccc(S(=O)(=O)NCc2ncc(C)o2)cc1. The molecule has 0 bridgehead atoms. The highest BCUT2D eigenvalue weighted by Gasteiger charge is 2.15. The van der Waals surface area contributed by atoms with Gasteiger partial charge in [-0.05, 0) is 31.2 Å². The maximum Gasteiger partial charge on any atom is 0.241 e. The monoisotopic (exact) mass is 309 g/mol. The molecule has 0 saturated heterocycles. The third-order valence-electron chi connectivity index (χ3n) is 2.57. The van der Waals surface area contributed by atoms with Gasteiger partial charge in [-0.2, -0.15) is 0 Å². The van der Waals surface area contributed by atoms with E-state index in [2.05, 4.69) is 15.0 Å². The zero-order valence-electron chi connectivity index (χ0n) is 11.6. The Bertz CT molecular complexity index is 735. The summed E-state index contributed by atoms with van der Waals surface area (Å²) in [5.74, 6) is 0.692. The molecule has 8 heteroatoms. The van der Waals surface area contributed by atoms with E-state index in [1.165, 1.54) is 37.4 Å². The standard InChI is InChI=1S/C13H15N3O4S/c1-9-7-14-13(20-9)8-15-21(18,19)12-5-3-11(4-6-12)16-10(2)17/h3-7,15H,8H2,1-2H3,(H,16,17). The molecule has 7 nitrogen and oxygen atoms in total. The first-order chi connectivity index (χ1) is 9.87. The predicted octanol–water partition coefficient (Wildman–Crippen LogP) is 1.42. The van der Waals surface area contributed by atoms with Crippen molar-refractivity contribution >= 4 is 21.6 Å². The zero-order chi connectivity index (χ0) is 15.5. The first-order valence-corrected chi connectivity index (χ1v) is 7.64. The van der Waals surface area contributed by atoms with Crippen molar-refractivity contribution in [1.29, 1.82) is 0 Å². The van der Waals surface area contributed by atoms with Crippen molar-refractivity contribution in [2.75, 3.05) is 5.32 Å². The highest BCUT2D eigenvalue weighted by atomic mass is 32.2. The van der Waals surface area contributed by atoms with Gasteiger partial charge >= 0.3 is 0 Å². The molecule has 1 aromatic carbocycles. The number of sulfonamides is 1. The van der Waals surface area contributed by atoms with E-state index in [0.717, 1.165) is 0 Å². The van der Waals surface area contributed by atoms with Crippen LogP contribution in [0.5, 0.6) is 0 Å². The van der Waals surface area contributed by atoms with Crippen molar-refractivity contribution in [3.05, 3.63) is 42.1 Å². The number of anilines is 1. The smallest absolute Gasteiger partial charge is 0.241 e. The molecule has 0 spiro atoms. The van der Waals surface area contributed by atoms with E-state index in [-0.39, 0.29) is 17.3 Å². The Morgan fingerprint density at radius 3 is 2.48 bits per heavy atom. The van der Waals surface area contributed by atoms with Gasteiger partial charge in [-0.15, -0.1) is 0 Å². The fourth-order valence-corrected chi connectivity index (χ4v) is 2.62. The largest absolute Gasteiger partial charge is 0.445 e. The molecule has 0 radical (unpaired) electrons. The molecule has 1 aromatic heterocycles. The molecule has 0 fully saturated rings. The van der Waals surface area contributed by atoms with E-state index in [4.69, 9.17) is 4.42 Å². The van der Waals surface area contributed by atoms with Crippen molar-refractivity contribution in [1.82, 2.24) is 9.71 Å². The first-order valence-electron chi connectivity index (χ1n) is 6.15. The zero-order valence-corrected chi connectivity index (χ0v) is 12.4. The number of nitrogens with zero attached hydrogens (tertiary/aromatic N) is 1. The minimum Gasteiger partial charge on any atom is -0.445 e. The fourth-order valence-electron chi connectivity index (χ4n) is 1.64. The molecule has 112 valence electrons. The van der Waals surface area contributed by atoms with Crippen LogP contribution in [0, 0.1) is 6.92 Å². The molecule has 2 aromatic rings. The number of nitrogens with one attached hydrogen (secondary N) is 2. The molecule has 0 saturated carbocycles. The quantitative estimate of drug-likeness (QED) is 0.869. The predicted molar refractivity (Wildman–Crippen MR) is 76.0 cm³/mol. The van der Waals surface area contributed by atoms with Crippen molar-refractivity contribution in [3.63, 3.8) is 0 Å². The number of hydrogen-bond acceptors (Lipinski definition) is 5. The molecule has 2 rings (SSSR count). The van der Waals surface area contributed by atoms with Crippen molar-refractivity contribution in [2.45, 2.75) is 25.3 Å². The molecule has 0 aliphatic heterocycles. The third kappa shape index (κ3) is 4.14. The van der Waals surface area contributed by atoms with Crippen molar-refractivity contribution in [3.8, 4) is 0 Å². The van der Waals surface area contributed by atoms with Gasteiger partial charge in [0.2, 0.25) is 21.8 Å². The van der Waals surface area contributed by atoms with Crippen molar-refractivity contribution in [2.24, 2.45) is 0 Å². The number of oxazole rings is 1. The van der Waals surface area contributed by atoms with Gasteiger partial charge in [-0.25, -0.2) is 18.1 Å². The van der Waals surface area contributed by atoms with Crippen LogP contribution in [0.4, 0.5) is 5.69 Å². The van der Waals surface area contributed by atoms with Crippen LogP contribution in [0.3, 0.4) is 0 Å². The number of aryl methyl sites for hydroxylation is 1. The van der Waals surface area contributed by atoms with Crippen LogP contribution in [-0.4, -0.2) is 19.3 Å². The summed E-state index contributed by atoms with van der Waals surface area (Å²) in [6, 6.07) is 5.86. The Kier molecular flexibility index (Phi) is 4.39. The Labute approximate surface area is 122 Å². The topological polar surface area (TPSA) is 101 Å². The molecule has 21 heavy (non-hydrogen) atoms. The number of amides is 1. The molecule has 0 atom stereocenters. The highest BCUT2D eigenvalue weighted by Crippen LogP contribution is 2.14. The van der Waals surface area contributed by atoms with Gasteiger partial charge in [0.1, 0.15) is 5.76 Å². The van der Waals surface area contributed by atoms with E-state index in [1.807, 2.05) is 0 Å². The fraction of sp³-hybridized carbons (Fsp3) is 0.231. The Balaban J connectivity index is 2.06. The Morgan fingerprint density at radius 1 is 1.29 bits per heavy atom. The maximum atomic E-state index is 12.1. The van der Waals surface area contributed by atoms with Gasteiger partial charge in [-0.3, -0.25) is 4.79 Å². The molecule has 0 aliphatic rings. The number of carbonyl (C=O) groups is 1. The van der Waals surface area contributed by atoms with E-state index >= 15 is 0 Å². The lowest BCUT2D eigenvalue weighted by Crippen LogP contribution is -2.23. The lowest BCUT2D eigenvalue weighted by molar-refractivity contribution is -0.114. The number of rotatable bonds is 5. The van der Waals surface area contributed by atoms with Crippen LogP contribution in [0.25, 0.3) is 0 Å². The van der Waals surface area contributed by atoms with Crippen LogP contribution in [0.2, 0.25) is 0 Å². The third-order valence-corrected chi connectivity index (χ3v) is 3.98. The summed E-state index contributed by atoms with van der Waals surface area (Å²) in [4.78, 5) is 14.9. The van der Waals surface area contributed by atoms with Gasteiger partial charge in [-0.1, -0.05) is 0 Å². The molecule has 2 N–H and O–H groups in total. The Hall–Kier alpha value is -2.19. The van der Waals surface area contributed by atoms with Crippen LogP contribution in [-0.2, 0) is 21.4 Å². The van der Waals surface area contributed by atoms with Crippen LogP contribution in [0.15, 0.2) is 39.8 Å². The number of aromatic nitrogens is 1. The normalized spacial score (nSPS) is 11.3. The lowest BCUT2D eigenvalue weighted by Gasteiger charge is -2.06.